The summed E-state index contributed by atoms with van der Waals surface area (Å²) >= 11 is 0. The Morgan fingerprint density at radius 1 is 1.43 bits per heavy atom. The van der Waals surface area contributed by atoms with E-state index in [1.54, 1.807) is 13.8 Å². The molecule has 0 aliphatic heterocycles. The summed E-state index contributed by atoms with van der Waals surface area (Å²) < 4.78 is 14.6. The van der Waals surface area contributed by atoms with E-state index >= 15 is 0 Å². The lowest BCUT2D eigenvalue weighted by atomic mass is 10.2. The monoisotopic (exact) mass is 206 g/mol. The number of hydrogen-bond acceptors (Lipinski definition) is 5. The molecule has 5 nitrogen and oxygen atoms in total. The van der Waals surface area contributed by atoms with Crippen molar-refractivity contribution in [3.63, 3.8) is 0 Å². The lowest BCUT2D eigenvalue weighted by molar-refractivity contribution is -0.189. The van der Waals surface area contributed by atoms with Gasteiger partial charge in [0.2, 0.25) is 0 Å². The van der Waals surface area contributed by atoms with Gasteiger partial charge in [0, 0.05) is 13.7 Å². The standard InChI is InChI=1S/C9H18O5/c1-5-13-7(3)14-9(11)8(12-4)6(2)10/h6-8,10H,5H2,1-4H3. The van der Waals surface area contributed by atoms with Gasteiger partial charge in [0.05, 0.1) is 6.10 Å². The number of aliphatic hydroxyl groups is 1. The van der Waals surface area contributed by atoms with Crippen LogP contribution in [0.3, 0.4) is 0 Å². The molecule has 84 valence electrons. The predicted octanol–water partition coefficient (Wildman–Crippen LogP) is 0.308. The molecule has 0 fully saturated rings. The molecule has 0 aromatic rings. The van der Waals surface area contributed by atoms with E-state index in [-0.39, 0.29) is 0 Å². The molecule has 0 amide bonds. The molecule has 0 bridgehead atoms. The summed E-state index contributed by atoms with van der Waals surface area (Å²) in [7, 11) is 1.34. The lowest BCUT2D eigenvalue weighted by Crippen LogP contribution is -2.37. The quantitative estimate of drug-likeness (QED) is 0.500. The Balaban J connectivity index is 4.04. The molecular formula is C9H18O5. The van der Waals surface area contributed by atoms with Crippen LogP contribution in [0.25, 0.3) is 0 Å². The average molecular weight is 206 g/mol. The van der Waals surface area contributed by atoms with Crippen LogP contribution in [0, 0.1) is 0 Å². The summed E-state index contributed by atoms with van der Waals surface area (Å²) in [6.07, 6.45) is -2.48. The second kappa shape index (κ2) is 6.75. The highest BCUT2D eigenvalue weighted by molar-refractivity contribution is 5.75. The Bertz CT molecular complexity index is 169. The first-order chi connectivity index (χ1) is 6.52. The van der Waals surface area contributed by atoms with Gasteiger partial charge in [0.1, 0.15) is 0 Å². The number of rotatable bonds is 6. The van der Waals surface area contributed by atoms with E-state index in [2.05, 4.69) is 0 Å². The van der Waals surface area contributed by atoms with Crippen LogP contribution in [0.4, 0.5) is 0 Å². The number of esters is 1. The first-order valence-electron chi connectivity index (χ1n) is 4.55. The molecule has 0 saturated carbocycles. The van der Waals surface area contributed by atoms with Crippen molar-refractivity contribution < 1.29 is 24.1 Å². The molecule has 0 aromatic heterocycles. The largest absolute Gasteiger partial charge is 0.434 e. The fraction of sp³-hybridized carbons (Fsp3) is 0.889. The molecular weight excluding hydrogens is 188 g/mol. The Morgan fingerprint density at radius 3 is 2.36 bits per heavy atom. The maximum absolute atomic E-state index is 11.3. The SMILES string of the molecule is CCOC(C)OC(=O)C(OC)C(C)O. The smallest absolute Gasteiger partial charge is 0.340 e. The zero-order valence-corrected chi connectivity index (χ0v) is 9.02. The van der Waals surface area contributed by atoms with Crippen LogP contribution in [0.15, 0.2) is 0 Å². The van der Waals surface area contributed by atoms with Crippen LogP contribution in [0.1, 0.15) is 20.8 Å². The molecule has 14 heavy (non-hydrogen) atoms. The first kappa shape index (κ1) is 13.4. The molecule has 0 aromatic carbocycles. The fourth-order valence-corrected chi connectivity index (χ4v) is 0.989. The first-order valence-corrected chi connectivity index (χ1v) is 4.55. The van der Waals surface area contributed by atoms with Gasteiger partial charge in [-0.25, -0.2) is 4.79 Å². The summed E-state index contributed by atoms with van der Waals surface area (Å²) in [4.78, 5) is 11.3. The normalized spacial score (nSPS) is 17.2. The maximum atomic E-state index is 11.3. The minimum absolute atomic E-state index is 0.459. The van der Waals surface area contributed by atoms with Crippen LogP contribution in [-0.4, -0.2) is 43.3 Å². The fourth-order valence-electron chi connectivity index (χ4n) is 0.989. The van der Waals surface area contributed by atoms with E-state index in [1.807, 2.05) is 0 Å². The van der Waals surface area contributed by atoms with Gasteiger partial charge in [-0.05, 0) is 20.8 Å². The van der Waals surface area contributed by atoms with E-state index in [0.717, 1.165) is 0 Å². The Labute approximate surface area is 84.0 Å². The van der Waals surface area contributed by atoms with Crippen molar-refractivity contribution in [2.75, 3.05) is 13.7 Å². The van der Waals surface area contributed by atoms with Crippen molar-refractivity contribution in [1.82, 2.24) is 0 Å². The molecule has 3 atom stereocenters. The third kappa shape index (κ3) is 4.55. The molecule has 1 N–H and O–H groups in total. The van der Waals surface area contributed by atoms with Gasteiger partial charge in [-0.2, -0.15) is 0 Å². The predicted molar refractivity (Wildman–Crippen MR) is 49.7 cm³/mol. The molecule has 0 spiro atoms. The minimum Gasteiger partial charge on any atom is -0.434 e. The Morgan fingerprint density at radius 2 is 2.00 bits per heavy atom. The zero-order chi connectivity index (χ0) is 11.1. The molecule has 0 radical (unpaired) electrons. The van der Waals surface area contributed by atoms with Crippen molar-refractivity contribution in [2.45, 2.75) is 39.3 Å². The minimum atomic E-state index is -0.960. The topological polar surface area (TPSA) is 65.0 Å². The highest BCUT2D eigenvalue weighted by Crippen LogP contribution is 2.04. The van der Waals surface area contributed by atoms with E-state index in [0.29, 0.717) is 6.61 Å². The summed E-state index contributed by atoms with van der Waals surface area (Å²) in [6.45, 7) is 5.32. The van der Waals surface area contributed by atoms with E-state index in [1.165, 1.54) is 14.0 Å². The number of carbonyl (C=O) groups excluding carboxylic acids is 1. The third-order valence-electron chi connectivity index (χ3n) is 1.61. The van der Waals surface area contributed by atoms with Crippen molar-refractivity contribution in [2.24, 2.45) is 0 Å². The van der Waals surface area contributed by atoms with Gasteiger partial charge in [-0.1, -0.05) is 0 Å². The highest BCUT2D eigenvalue weighted by Gasteiger charge is 2.26. The number of carbonyl (C=O) groups is 1. The van der Waals surface area contributed by atoms with Crippen LogP contribution in [-0.2, 0) is 19.0 Å². The van der Waals surface area contributed by atoms with Gasteiger partial charge in [-0.15, -0.1) is 0 Å². The molecule has 0 saturated heterocycles. The zero-order valence-electron chi connectivity index (χ0n) is 9.02. The Kier molecular flexibility index (Phi) is 6.44. The molecule has 5 heteroatoms. The molecule has 0 heterocycles. The lowest BCUT2D eigenvalue weighted by Gasteiger charge is -2.19. The van der Waals surface area contributed by atoms with Gasteiger partial charge in [0.25, 0.3) is 0 Å². The van der Waals surface area contributed by atoms with Crippen molar-refractivity contribution in [3.8, 4) is 0 Å². The van der Waals surface area contributed by atoms with Gasteiger partial charge in [-0.3, -0.25) is 0 Å². The number of ether oxygens (including phenoxy) is 3. The van der Waals surface area contributed by atoms with Crippen molar-refractivity contribution >= 4 is 5.97 Å². The second-order valence-corrected chi connectivity index (χ2v) is 2.86. The highest BCUT2D eigenvalue weighted by atomic mass is 16.7. The third-order valence-corrected chi connectivity index (χ3v) is 1.61. The van der Waals surface area contributed by atoms with Crippen LogP contribution in [0.2, 0.25) is 0 Å². The summed E-state index contributed by atoms with van der Waals surface area (Å²) in [5.74, 6) is -0.622. The van der Waals surface area contributed by atoms with Crippen molar-refractivity contribution in [3.05, 3.63) is 0 Å². The van der Waals surface area contributed by atoms with E-state index in [4.69, 9.17) is 19.3 Å². The Hall–Kier alpha value is -0.650. The maximum Gasteiger partial charge on any atom is 0.340 e. The van der Waals surface area contributed by atoms with Gasteiger partial charge in [0.15, 0.2) is 12.4 Å². The molecule has 3 unspecified atom stereocenters. The van der Waals surface area contributed by atoms with Gasteiger partial charge >= 0.3 is 5.97 Å². The number of aliphatic hydroxyl groups excluding tert-OH is 1. The second-order valence-electron chi connectivity index (χ2n) is 2.86. The van der Waals surface area contributed by atoms with Crippen LogP contribution < -0.4 is 0 Å². The van der Waals surface area contributed by atoms with Crippen LogP contribution in [0.5, 0.6) is 0 Å². The number of methoxy groups -OCH3 is 1. The molecule has 0 aliphatic rings. The van der Waals surface area contributed by atoms with Crippen molar-refractivity contribution in [1.29, 1.82) is 0 Å². The van der Waals surface area contributed by atoms with E-state index in [9.17, 15) is 4.79 Å². The molecule has 0 rings (SSSR count). The summed E-state index contributed by atoms with van der Waals surface area (Å²) in [6, 6.07) is 0. The summed E-state index contributed by atoms with van der Waals surface area (Å²) in [5.41, 5.74) is 0. The van der Waals surface area contributed by atoms with E-state index < -0.39 is 24.5 Å². The van der Waals surface area contributed by atoms with Crippen LogP contribution >= 0.6 is 0 Å². The molecule has 0 aliphatic carbocycles. The number of hydrogen-bond donors (Lipinski definition) is 1. The average Bonchev–Trinajstić information content (AvgIpc) is 2.04. The summed E-state index contributed by atoms with van der Waals surface area (Å²) in [5, 5.41) is 9.16. The van der Waals surface area contributed by atoms with Gasteiger partial charge < -0.3 is 19.3 Å².